The molecular formula is C10H9F3O2. The third-order valence-electron chi connectivity index (χ3n) is 1.69. The van der Waals surface area contributed by atoms with E-state index >= 15 is 0 Å². The third kappa shape index (κ3) is 3.61. The molecular weight excluding hydrogens is 209 g/mol. The van der Waals surface area contributed by atoms with Crippen LogP contribution in [0.5, 0.6) is 5.75 Å². The highest BCUT2D eigenvalue weighted by atomic mass is 19.3. The smallest absolute Gasteiger partial charge is 0.387 e. The van der Waals surface area contributed by atoms with Crippen LogP contribution in [-0.4, -0.2) is 12.4 Å². The van der Waals surface area contributed by atoms with Crippen LogP contribution in [0.4, 0.5) is 13.2 Å². The highest BCUT2D eigenvalue weighted by molar-refractivity contribution is 5.78. The Hall–Kier alpha value is -1.52. The van der Waals surface area contributed by atoms with Gasteiger partial charge < -0.3 is 4.74 Å². The number of hydrogen-bond acceptors (Lipinski definition) is 2. The Labute approximate surface area is 84.7 Å². The molecule has 0 aliphatic carbocycles. The van der Waals surface area contributed by atoms with Gasteiger partial charge >= 0.3 is 6.61 Å². The molecule has 82 valence electrons. The van der Waals surface area contributed by atoms with Gasteiger partial charge in [-0.2, -0.15) is 8.78 Å². The standard InChI is InChI=1S/C10H9F3O2/c1-6(14)4-7-2-3-8(5-9(7)11)15-10(12)13/h2-3,5,10H,4H2,1H3. The van der Waals surface area contributed by atoms with Crippen LogP contribution in [0.1, 0.15) is 12.5 Å². The molecule has 0 spiro atoms. The van der Waals surface area contributed by atoms with Crippen LogP contribution in [0.2, 0.25) is 0 Å². The summed E-state index contributed by atoms with van der Waals surface area (Å²) < 4.78 is 40.7. The van der Waals surface area contributed by atoms with Gasteiger partial charge in [-0.1, -0.05) is 6.07 Å². The number of benzene rings is 1. The Kier molecular flexibility index (Phi) is 3.71. The molecule has 0 aromatic heterocycles. The molecule has 0 saturated heterocycles. The minimum Gasteiger partial charge on any atom is -0.435 e. The molecule has 15 heavy (non-hydrogen) atoms. The molecule has 0 N–H and O–H groups in total. The maximum Gasteiger partial charge on any atom is 0.387 e. The summed E-state index contributed by atoms with van der Waals surface area (Å²) in [5, 5.41) is 0. The van der Waals surface area contributed by atoms with Gasteiger partial charge in [0.1, 0.15) is 17.3 Å². The molecule has 0 atom stereocenters. The highest BCUT2D eigenvalue weighted by Crippen LogP contribution is 2.19. The minimum absolute atomic E-state index is 0.0548. The Bertz CT molecular complexity index is 364. The second-order valence-corrected chi connectivity index (χ2v) is 3.01. The zero-order valence-electron chi connectivity index (χ0n) is 7.97. The van der Waals surface area contributed by atoms with Crippen molar-refractivity contribution in [3.63, 3.8) is 0 Å². The summed E-state index contributed by atoms with van der Waals surface area (Å²) in [4.78, 5) is 10.7. The summed E-state index contributed by atoms with van der Waals surface area (Å²) in [6.07, 6.45) is -0.0548. The average Bonchev–Trinajstić information content (AvgIpc) is 2.08. The molecule has 5 heteroatoms. The van der Waals surface area contributed by atoms with E-state index in [9.17, 15) is 18.0 Å². The zero-order chi connectivity index (χ0) is 11.4. The van der Waals surface area contributed by atoms with Gasteiger partial charge in [-0.3, -0.25) is 4.79 Å². The average molecular weight is 218 g/mol. The summed E-state index contributed by atoms with van der Waals surface area (Å²) >= 11 is 0. The van der Waals surface area contributed by atoms with Crippen molar-refractivity contribution in [1.82, 2.24) is 0 Å². The summed E-state index contributed by atoms with van der Waals surface area (Å²) in [5.41, 5.74) is 0.170. The van der Waals surface area contributed by atoms with E-state index in [-0.39, 0.29) is 23.5 Å². The summed E-state index contributed by atoms with van der Waals surface area (Å²) in [6.45, 7) is -1.66. The lowest BCUT2D eigenvalue weighted by Gasteiger charge is -2.06. The molecule has 0 aliphatic rings. The van der Waals surface area contributed by atoms with Crippen molar-refractivity contribution in [2.24, 2.45) is 0 Å². The van der Waals surface area contributed by atoms with Crippen LogP contribution >= 0.6 is 0 Å². The van der Waals surface area contributed by atoms with Crippen LogP contribution in [-0.2, 0) is 11.2 Å². The van der Waals surface area contributed by atoms with Gasteiger partial charge in [0, 0.05) is 12.5 Å². The fourth-order valence-electron chi connectivity index (χ4n) is 1.12. The first-order chi connectivity index (χ1) is 6.99. The van der Waals surface area contributed by atoms with E-state index in [1.54, 1.807) is 0 Å². The van der Waals surface area contributed by atoms with E-state index in [1.807, 2.05) is 0 Å². The van der Waals surface area contributed by atoms with Gasteiger partial charge in [-0.05, 0) is 18.6 Å². The molecule has 0 radical (unpaired) electrons. The topological polar surface area (TPSA) is 26.3 Å². The van der Waals surface area contributed by atoms with Crippen LogP contribution in [0.25, 0.3) is 0 Å². The fourth-order valence-corrected chi connectivity index (χ4v) is 1.12. The molecule has 0 saturated carbocycles. The number of halogens is 3. The van der Waals surface area contributed by atoms with Crippen molar-refractivity contribution >= 4 is 5.78 Å². The van der Waals surface area contributed by atoms with E-state index in [0.29, 0.717) is 0 Å². The number of ether oxygens (including phenoxy) is 1. The Morgan fingerprint density at radius 3 is 2.60 bits per heavy atom. The molecule has 0 unspecified atom stereocenters. The van der Waals surface area contributed by atoms with E-state index in [2.05, 4.69) is 4.74 Å². The number of rotatable bonds is 4. The quantitative estimate of drug-likeness (QED) is 0.776. The molecule has 1 rings (SSSR count). The minimum atomic E-state index is -2.98. The lowest BCUT2D eigenvalue weighted by molar-refractivity contribution is -0.116. The first kappa shape index (κ1) is 11.6. The molecule has 0 fully saturated rings. The predicted molar refractivity (Wildman–Crippen MR) is 47.4 cm³/mol. The number of carbonyl (C=O) groups excluding carboxylic acids is 1. The lowest BCUT2D eigenvalue weighted by atomic mass is 10.1. The maximum atomic E-state index is 13.2. The predicted octanol–water partition coefficient (Wildman–Crippen LogP) is 2.56. The first-order valence-electron chi connectivity index (χ1n) is 4.21. The summed E-state index contributed by atoms with van der Waals surface area (Å²) in [5.74, 6) is -1.17. The van der Waals surface area contributed by atoms with Crippen molar-refractivity contribution in [1.29, 1.82) is 0 Å². The van der Waals surface area contributed by atoms with Gasteiger partial charge in [0.2, 0.25) is 0 Å². The van der Waals surface area contributed by atoms with Crippen LogP contribution in [0.3, 0.4) is 0 Å². The summed E-state index contributed by atoms with van der Waals surface area (Å²) in [7, 11) is 0. The number of ketones is 1. The van der Waals surface area contributed by atoms with E-state index in [1.165, 1.54) is 19.1 Å². The van der Waals surface area contributed by atoms with Gasteiger partial charge in [-0.25, -0.2) is 4.39 Å². The van der Waals surface area contributed by atoms with Crippen molar-refractivity contribution in [2.75, 3.05) is 0 Å². The highest BCUT2D eigenvalue weighted by Gasteiger charge is 2.09. The molecule has 0 aliphatic heterocycles. The van der Waals surface area contributed by atoms with Gasteiger partial charge in [-0.15, -0.1) is 0 Å². The van der Waals surface area contributed by atoms with Crippen LogP contribution in [0.15, 0.2) is 18.2 Å². The Morgan fingerprint density at radius 2 is 2.13 bits per heavy atom. The van der Waals surface area contributed by atoms with Crippen molar-refractivity contribution in [2.45, 2.75) is 20.0 Å². The number of Topliss-reactive ketones (excluding diaryl/α,β-unsaturated/α-hetero) is 1. The molecule has 0 bridgehead atoms. The number of alkyl halides is 2. The fraction of sp³-hybridized carbons (Fsp3) is 0.300. The molecule has 1 aromatic rings. The van der Waals surface area contributed by atoms with E-state index < -0.39 is 12.4 Å². The first-order valence-corrected chi connectivity index (χ1v) is 4.21. The van der Waals surface area contributed by atoms with Crippen molar-refractivity contribution in [3.8, 4) is 5.75 Å². The second-order valence-electron chi connectivity index (χ2n) is 3.01. The van der Waals surface area contributed by atoms with Gasteiger partial charge in [0.25, 0.3) is 0 Å². The molecule has 0 heterocycles. The van der Waals surface area contributed by atoms with Gasteiger partial charge in [0.05, 0.1) is 0 Å². The third-order valence-corrected chi connectivity index (χ3v) is 1.69. The van der Waals surface area contributed by atoms with Gasteiger partial charge in [0.15, 0.2) is 0 Å². The Balaban J connectivity index is 2.83. The molecule has 2 nitrogen and oxygen atoms in total. The van der Waals surface area contributed by atoms with Crippen LogP contribution in [0, 0.1) is 5.82 Å². The lowest BCUT2D eigenvalue weighted by Crippen LogP contribution is -2.04. The summed E-state index contributed by atoms with van der Waals surface area (Å²) in [6, 6.07) is 3.30. The Morgan fingerprint density at radius 1 is 1.47 bits per heavy atom. The van der Waals surface area contributed by atoms with E-state index in [4.69, 9.17) is 0 Å². The molecule has 0 amide bonds. The van der Waals surface area contributed by atoms with Crippen molar-refractivity contribution < 1.29 is 22.7 Å². The number of hydrogen-bond donors (Lipinski definition) is 0. The maximum absolute atomic E-state index is 13.2. The molecule has 1 aromatic carbocycles. The van der Waals surface area contributed by atoms with E-state index in [0.717, 1.165) is 6.07 Å². The van der Waals surface area contributed by atoms with Crippen LogP contribution < -0.4 is 4.74 Å². The normalized spacial score (nSPS) is 10.5. The largest absolute Gasteiger partial charge is 0.435 e. The second kappa shape index (κ2) is 4.82. The van der Waals surface area contributed by atoms with Crippen molar-refractivity contribution in [3.05, 3.63) is 29.6 Å². The SMILES string of the molecule is CC(=O)Cc1ccc(OC(F)F)cc1F. The zero-order valence-corrected chi connectivity index (χ0v) is 7.97. The monoisotopic (exact) mass is 218 g/mol. The number of carbonyl (C=O) groups is 1.